The average molecular weight is 214 g/mol. The van der Waals surface area contributed by atoms with Gasteiger partial charge in [0.25, 0.3) is 0 Å². The molecule has 0 aliphatic carbocycles. The van der Waals surface area contributed by atoms with Gasteiger partial charge in [0.15, 0.2) is 0 Å². The van der Waals surface area contributed by atoms with E-state index in [0.29, 0.717) is 0 Å². The van der Waals surface area contributed by atoms with Crippen molar-refractivity contribution in [1.82, 2.24) is 4.98 Å². The lowest BCUT2D eigenvalue weighted by Crippen LogP contribution is -1.96. The van der Waals surface area contributed by atoms with Crippen molar-refractivity contribution in [3.63, 3.8) is 0 Å². The second-order valence-corrected chi connectivity index (χ2v) is 4.27. The number of hydrogen-bond acceptors (Lipinski definition) is 2. The van der Waals surface area contributed by atoms with Gasteiger partial charge in [-0.25, -0.2) is 0 Å². The largest absolute Gasteiger partial charge is 0.397 e. The molecule has 0 bridgehead atoms. The molecule has 0 unspecified atom stereocenters. The molecule has 0 amide bonds. The lowest BCUT2D eigenvalue weighted by molar-refractivity contribution is 0.797. The fourth-order valence-electron chi connectivity index (χ4n) is 2.06. The van der Waals surface area contributed by atoms with Crippen LogP contribution < -0.4 is 5.73 Å². The van der Waals surface area contributed by atoms with Gasteiger partial charge in [-0.1, -0.05) is 25.5 Å². The smallest absolute Gasteiger partial charge is 0.0937 e. The maximum atomic E-state index is 5.96. The van der Waals surface area contributed by atoms with Gasteiger partial charge in [-0.05, 0) is 37.5 Å². The van der Waals surface area contributed by atoms with E-state index in [4.69, 9.17) is 5.73 Å². The predicted molar refractivity (Wildman–Crippen MR) is 69.5 cm³/mol. The van der Waals surface area contributed by atoms with E-state index < -0.39 is 0 Å². The van der Waals surface area contributed by atoms with Crippen LogP contribution >= 0.6 is 0 Å². The van der Waals surface area contributed by atoms with Crippen LogP contribution in [-0.2, 0) is 6.42 Å². The Labute approximate surface area is 96.5 Å². The minimum atomic E-state index is 0.777. The van der Waals surface area contributed by atoms with Crippen LogP contribution in [0.25, 0.3) is 10.9 Å². The van der Waals surface area contributed by atoms with Crippen LogP contribution in [0.1, 0.15) is 31.0 Å². The normalized spacial score (nSPS) is 10.9. The number of anilines is 1. The van der Waals surface area contributed by atoms with Crippen LogP contribution in [0.2, 0.25) is 0 Å². The summed E-state index contributed by atoms with van der Waals surface area (Å²) < 4.78 is 0. The zero-order chi connectivity index (χ0) is 11.5. The maximum absolute atomic E-state index is 5.96. The van der Waals surface area contributed by atoms with Gasteiger partial charge < -0.3 is 5.73 Å². The van der Waals surface area contributed by atoms with Gasteiger partial charge >= 0.3 is 0 Å². The maximum Gasteiger partial charge on any atom is 0.0937 e. The summed E-state index contributed by atoms with van der Waals surface area (Å²) >= 11 is 0. The SMILES string of the molecule is CCCCc1cc(C)nc2c(N)cccc12. The van der Waals surface area contributed by atoms with Crippen molar-refractivity contribution < 1.29 is 0 Å². The van der Waals surface area contributed by atoms with E-state index >= 15 is 0 Å². The first-order valence-corrected chi connectivity index (χ1v) is 5.87. The first-order chi connectivity index (χ1) is 7.72. The average Bonchev–Trinajstić information content (AvgIpc) is 2.27. The number of nitrogen functional groups attached to an aromatic ring is 1. The molecule has 2 N–H and O–H groups in total. The zero-order valence-corrected chi connectivity index (χ0v) is 9.96. The number of fused-ring (bicyclic) bond motifs is 1. The van der Waals surface area contributed by atoms with E-state index in [1.807, 2.05) is 19.1 Å². The van der Waals surface area contributed by atoms with Crippen LogP contribution in [0.15, 0.2) is 24.3 Å². The second-order valence-electron chi connectivity index (χ2n) is 4.27. The summed E-state index contributed by atoms with van der Waals surface area (Å²) in [6.45, 7) is 4.24. The Morgan fingerprint density at radius 3 is 2.88 bits per heavy atom. The summed E-state index contributed by atoms with van der Waals surface area (Å²) in [5, 5.41) is 1.21. The highest BCUT2D eigenvalue weighted by Gasteiger charge is 2.05. The topological polar surface area (TPSA) is 38.9 Å². The first-order valence-electron chi connectivity index (χ1n) is 5.87. The molecule has 0 atom stereocenters. The first kappa shape index (κ1) is 10.9. The number of aromatic nitrogens is 1. The summed E-state index contributed by atoms with van der Waals surface area (Å²) in [5.74, 6) is 0. The van der Waals surface area contributed by atoms with Crippen LogP contribution in [0.4, 0.5) is 5.69 Å². The molecule has 0 saturated heterocycles. The fourth-order valence-corrected chi connectivity index (χ4v) is 2.06. The molecular formula is C14H18N2. The lowest BCUT2D eigenvalue weighted by Gasteiger charge is -2.08. The molecule has 0 radical (unpaired) electrons. The molecule has 0 spiro atoms. The summed E-state index contributed by atoms with van der Waals surface area (Å²) in [5.41, 5.74) is 10.1. The van der Waals surface area contributed by atoms with E-state index in [9.17, 15) is 0 Å². The highest BCUT2D eigenvalue weighted by molar-refractivity contribution is 5.91. The number of pyridine rings is 1. The molecule has 2 nitrogen and oxygen atoms in total. The number of nitrogens with zero attached hydrogens (tertiary/aromatic N) is 1. The number of nitrogens with two attached hydrogens (primary N) is 1. The molecule has 84 valence electrons. The van der Waals surface area contributed by atoms with Gasteiger partial charge in [0.05, 0.1) is 11.2 Å². The molecule has 1 aromatic heterocycles. The van der Waals surface area contributed by atoms with E-state index in [1.54, 1.807) is 0 Å². The number of rotatable bonds is 3. The third-order valence-corrected chi connectivity index (χ3v) is 2.88. The van der Waals surface area contributed by atoms with E-state index in [-0.39, 0.29) is 0 Å². The quantitative estimate of drug-likeness (QED) is 0.794. The summed E-state index contributed by atoms with van der Waals surface area (Å²) in [7, 11) is 0. The van der Waals surface area contributed by atoms with Gasteiger partial charge in [0, 0.05) is 11.1 Å². The Bertz CT molecular complexity index is 503. The molecule has 1 heterocycles. The summed E-state index contributed by atoms with van der Waals surface area (Å²) in [6.07, 6.45) is 3.54. The van der Waals surface area contributed by atoms with Crippen molar-refractivity contribution in [2.24, 2.45) is 0 Å². The van der Waals surface area contributed by atoms with Crippen molar-refractivity contribution in [3.05, 3.63) is 35.5 Å². The molecule has 2 heteroatoms. The van der Waals surface area contributed by atoms with E-state index in [2.05, 4.69) is 24.0 Å². The number of unbranched alkanes of at least 4 members (excludes halogenated alkanes) is 1. The van der Waals surface area contributed by atoms with Crippen LogP contribution in [0.5, 0.6) is 0 Å². The third kappa shape index (κ3) is 2.01. The van der Waals surface area contributed by atoms with Crippen molar-refractivity contribution in [1.29, 1.82) is 0 Å². The van der Waals surface area contributed by atoms with Gasteiger partial charge in [-0.3, -0.25) is 4.98 Å². The van der Waals surface area contributed by atoms with Gasteiger partial charge in [0.1, 0.15) is 0 Å². The number of benzene rings is 1. The van der Waals surface area contributed by atoms with Gasteiger partial charge in [-0.2, -0.15) is 0 Å². The Morgan fingerprint density at radius 2 is 2.12 bits per heavy atom. The van der Waals surface area contributed by atoms with Crippen molar-refractivity contribution >= 4 is 16.6 Å². The van der Waals surface area contributed by atoms with Gasteiger partial charge in [0.2, 0.25) is 0 Å². The molecule has 2 rings (SSSR count). The number of hydrogen-bond donors (Lipinski definition) is 1. The Hall–Kier alpha value is -1.57. The summed E-state index contributed by atoms with van der Waals surface area (Å²) in [4.78, 5) is 4.52. The highest BCUT2D eigenvalue weighted by atomic mass is 14.7. The van der Waals surface area contributed by atoms with Crippen LogP contribution in [0, 0.1) is 6.92 Å². The lowest BCUT2D eigenvalue weighted by atomic mass is 10.0. The Balaban J connectivity index is 2.59. The van der Waals surface area contributed by atoms with Crippen LogP contribution in [0.3, 0.4) is 0 Å². The standard InChI is InChI=1S/C14H18N2/c1-3-4-6-11-9-10(2)16-14-12(11)7-5-8-13(14)15/h5,7-9H,3-4,6,15H2,1-2H3. The van der Waals surface area contributed by atoms with Crippen molar-refractivity contribution in [2.45, 2.75) is 33.1 Å². The Kier molecular flexibility index (Phi) is 3.09. The molecule has 16 heavy (non-hydrogen) atoms. The van der Waals surface area contributed by atoms with Crippen LogP contribution in [-0.4, -0.2) is 4.98 Å². The van der Waals surface area contributed by atoms with Crippen molar-refractivity contribution in [2.75, 3.05) is 5.73 Å². The minimum Gasteiger partial charge on any atom is -0.397 e. The Morgan fingerprint density at radius 1 is 1.31 bits per heavy atom. The molecule has 0 fully saturated rings. The van der Waals surface area contributed by atoms with E-state index in [0.717, 1.165) is 23.3 Å². The fraction of sp³-hybridized carbons (Fsp3) is 0.357. The zero-order valence-electron chi connectivity index (χ0n) is 9.96. The molecule has 0 aliphatic heterocycles. The third-order valence-electron chi connectivity index (χ3n) is 2.88. The van der Waals surface area contributed by atoms with E-state index in [1.165, 1.54) is 23.8 Å². The molecule has 2 aromatic rings. The molecule has 0 saturated carbocycles. The highest BCUT2D eigenvalue weighted by Crippen LogP contribution is 2.24. The van der Waals surface area contributed by atoms with Gasteiger partial charge in [-0.15, -0.1) is 0 Å². The number of aryl methyl sites for hydroxylation is 2. The second kappa shape index (κ2) is 4.52. The predicted octanol–water partition coefficient (Wildman–Crippen LogP) is 3.47. The number of para-hydroxylation sites is 1. The minimum absolute atomic E-state index is 0.777. The molecule has 1 aromatic carbocycles. The van der Waals surface area contributed by atoms with Crippen molar-refractivity contribution in [3.8, 4) is 0 Å². The monoisotopic (exact) mass is 214 g/mol. The summed E-state index contributed by atoms with van der Waals surface area (Å²) in [6, 6.07) is 8.21. The molecular weight excluding hydrogens is 196 g/mol. The molecule has 0 aliphatic rings.